The van der Waals surface area contributed by atoms with Gasteiger partial charge in [0.2, 0.25) is 5.91 Å². The number of carbonyl (C=O) groups excluding carboxylic acids is 2. The van der Waals surface area contributed by atoms with Crippen molar-refractivity contribution in [3.63, 3.8) is 0 Å². The SMILES string of the molecule is CCCC(=O)N[C@H]1C[C@]12CN(c1cc(F)c(N3CC4CCC(C3)O4)c(F)c1)C(=O)O2. The molecule has 1 saturated carbocycles. The van der Waals surface area contributed by atoms with E-state index in [1.54, 1.807) is 4.90 Å². The summed E-state index contributed by atoms with van der Waals surface area (Å²) < 4.78 is 41.1. The number of nitrogens with one attached hydrogen (secondary N) is 1. The van der Waals surface area contributed by atoms with Gasteiger partial charge in [0.15, 0.2) is 17.2 Å². The zero-order valence-electron chi connectivity index (χ0n) is 16.8. The molecular formula is C21H25F2N3O4. The fourth-order valence-corrected chi connectivity index (χ4v) is 4.85. The van der Waals surface area contributed by atoms with Gasteiger partial charge in [-0.15, -0.1) is 0 Å². The molecule has 1 aliphatic carbocycles. The Morgan fingerprint density at radius 2 is 1.90 bits per heavy atom. The van der Waals surface area contributed by atoms with Crippen LogP contribution in [0.1, 0.15) is 39.0 Å². The summed E-state index contributed by atoms with van der Waals surface area (Å²) in [6, 6.07) is 2.11. The first-order chi connectivity index (χ1) is 14.4. The average molecular weight is 421 g/mol. The molecule has 3 saturated heterocycles. The topological polar surface area (TPSA) is 71.1 Å². The van der Waals surface area contributed by atoms with Crippen molar-refractivity contribution in [2.24, 2.45) is 0 Å². The zero-order chi connectivity index (χ0) is 21.0. The van der Waals surface area contributed by atoms with E-state index in [2.05, 4.69) is 5.32 Å². The van der Waals surface area contributed by atoms with E-state index in [0.29, 0.717) is 25.9 Å². The number of anilines is 2. The Morgan fingerprint density at radius 1 is 1.23 bits per heavy atom. The summed E-state index contributed by atoms with van der Waals surface area (Å²) in [5.74, 6) is -1.50. The van der Waals surface area contributed by atoms with Crippen molar-refractivity contribution in [2.45, 2.75) is 62.9 Å². The van der Waals surface area contributed by atoms with Gasteiger partial charge in [0.25, 0.3) is 0 Å². The Morgan fingerprint density at radius 3 is 2.53 bits per heavy atom. The molecule has 1 aromatic rings. The van der Waals surface area contributed by atoms with Gasteiger partial charge in [0.1, 0.15) is 5.69 Å². The van der Waals surface area contributed by atoms with Crippen LogP contribution >= 0.6 is 0 Å². The van der Waals surface area contributed by atoms with Crippen molar-refractivity contribution in [3.8, 4) is 0 Å². The van der Waals surface area contributed by atoms with E-state index >= 15 is 0 Å². The third-order valence-corrected chi connectivity index (χ3v) is 6.45. The van der Waals surface area contributed by atoms with Crippen LogP contribution in [0.4, 0.5) is 25.0 Å². The molecule has 2 unspecified atom stereocenters. The maximum absolute atomic E-state index is 14.9. The standard InChI is InChI=1S/C21H25F2N3O4/c1-2-3-18(27)24-17-8-21(17)11-26(20(28)30-21)12-6-15(22)19(16(23)7-12)25-9-13-4-5-14(10-25)29-13/h6-7,13-14,17H,2-5,8-11H2,1H3,(H,24,27)/t13?,14?,17-,21-/m0/s1. The molecule has 162 valence electrons. The normalized spacial score (nSPS) is 32.0. The number of morpholine rings is 1. The van der Waals surface area contributed by atoms with Crippen molar-refractivity contribution in [1.29, 1.82) is 0 Å². The predicted octanol–water partition coefficient (Wildman–Crippen LogP) is 2.72. The number of ether oxygens (including phenoxy) is 2. The lowest BCUT2D eigenvalue weighted by Crippen LogP contribution is -2.43. The lowest BCUT2D eigenvalue weighted by atomic mass is 10.2. The molecular weight excluding hydrogens is 396 g/mol. The van der Waals surface area contributed by atoms with Crippen LogP contribution in [0.15, 0.2) is 12.1 Å². The minimum atomic E-state index is -0.810. The Hall–Kier alpha value is -2.42. The van der Waals surface area contributed by atoms with Crippen LogP contribution < -0.4 is 15.1 Å². The number of nitrogens with zero attached hydrogens (tertiary/aromatic N) is 2. The van der Waals surface area contributed by atoms with Crippen molar-refractivity contribution in [3.05, 3.63) is 23.8 Å². The first-order valence-electron chi connectivity index (χ1n) is 10.6. The maximum atomic E-state index is 14.9. The second-order valence-corrected chi connectivity index (χ2v) is 8.71. The highest BCUT2D eigenvalue weighted by molar-refractivity contribution is 5.91. The Balaban J connectivity index is 1.32. The molecule has 4 fully saturated rings. The van der Waals surface area contributed by atoms with E-state index in [-0.39, 0.29) is 42.1 Å². The van der Waals surface area contributed by atoms with Gasteiger partial charge in [0.05, 0.1) is 30.5 Å². The molecule has 4 atom stereocenters. The molecule has 9 heteroatoms. The van der Waals surface area contributed by atoms with Crippen LogP contribution in [-0.4, -0.2) is 55.5 Å². The average Bonchev–Trinajstić information content (AvgIpc) is 3.02. The summed E-state index contributed by atoms with van der Waals surface area (Å²) >= 11 is 0. The lowest BCUT2D eigenvalue weighted by molar-refractivity contribution is -0.121. The summed E-state index contributed by atoms with van der Waals surface area (Å²) in [4.78, 5) is 27.2. The van der Waals surface area contributed by atoms with Gasteiger partial charge in [0, 0.05) is 38.1 Å². The van der Waals surface area contributed by atoms with E-state index in [0.717, 1.165) is 19.3 Å². The fourth-order valence-electron chi connectivity index (χ4n) is 4.85. The second-order valence-electron chi connectivity index (χ2n) is 8.71. The number of benzene rings is 1. The Kier molecular flexibility index (Phi) is 4.61. The van der Waals surface area contributed by atoms with Crippen LogP contribution in [0.25, 0.3) is 0 Å². The van der Waals surface area contributed by atoms with Gasteiger partial charge >= 0.3 is 6.09 Å². The smallest absolute Gasteiger partial charge is 0.415 e. The molecule has 2 amide bonds. The highest BCUT2D eigenvalue weighted by Gasteiger charge is 2.64. The summed E-state index contributed by atoms with van der Waals surface area (Å²) in [5.41, 5.74) is -0.759. The number of rotatable bonds is 5. The summed E-state index contributed by atoms with van der Waals surface area (Å²) in [5, 5.41) is 2.86. The van der Waals surface area contributed by atoms with Gasteiger partial charge in [-0.3, -0.25) is 9.69 Å². The molecule has 7 nitrogen and oxygen atoms in total. The first-order valence-corrected chi connectivity index (χ1v) is 10.6. The third-order valence-electron chi connectivity index (χ3n) is 6.45. The minimum Gasteiger partial charge on any atom is -0.438 e. The van der Waals surface area contributed by atoms with E-state index in [9.17, 15) is 18.4 Å². The molecule has 3 aliphatic heterocycles. The minimum absolute atomic E-state index is 0.00497. The highest BCUT2D eigenvalue weighted by Crippen LogP contribution is 2.47. The first kappa shape index (κ1) is 19.5. The van der Waals surface area contributed by atoms with E-state index in [1.807, 2.05) is 6.92 Å². The summed E-state index contributed by atoms with van der Waals surface area (Å²) in [7, 11) is 0. The number of hydrogen-bond donors (Lipinski definition) is 1. The van der Waals surface area contributed by atoms with Gasteiger partial charge in [-0.05, 0) is 19.3 Å². The van der Waals surface area contributed by atoms with Crippen molar-refractivity contribution < 1.29 is 27.8 Å². The predicted molar refractivity (Wildman–Crippen MR) is 104 cm³/mol. The molecule has 1 aromatic carbocycles. The molecule has 30 heavy (non-hydrogen) atoms. The van der Waals surface area contributed by atoms with Gasteiger partial charge in [-0.25, -0.2) is 13.6 Å². The quantitative estimate of drug-likeness (QED) is 0.792. The Bertz CT molecular complexity index is 862. The maximum Gasteiger partial charge on any atom is 0.415 e. The van der Waals surface area contributed by atoms with Crippen molar-refractivity contribution in [1.82, 2.24) is 5.32 Å². The largest absolute Gasteiger partial charge is 0.438 e. The summed E-state index contributed by atoms with van der Waals surface area (Å²) in [6.45, 7) is 2.98. The molecule has 1 N–H and O–H groups in total. The highest BCUT2D eigenvalue weighted by atomic mass is 19.1. The van der Waals surface area contributed by atoms with Crippen LogP contribution in [0.2, 0.25) is 0 Å². The van der Waals surface area contributed by atoms with E-state index in [4.69, 9.17) is 9.47 Å². The van der Waals surface area contributed by atoms with Gasteiger partial charge in [-0.1, -0.05) is 6.92 Å². The zero-order valence-corrected chi connectivity index (χ0v) is 16.8. The monoisotopic (exact) mass is 421 g/mol. The third kappa shape index (κ3) is 3.29. The van der Waals surface area contributed by atoms with Gasteiger partial charge in [-0.2, -0.15) is 0 Å². The van der Waals surface area contributed by atoms with Gasteiger partial charge < -0.3 is 19.7 Å². The number of amides is 2. The molecule has 2 bridgehead atoms. The number of hydrogen-bond acceptors (Lipinski definition) is 5. The molecule has 0 radical (unpaired) electrons. The Labute approximate surface area is 173 Å². The van der Waals surface area contributed by atoms with Crippen LogP contribution in [0.5, 0.6) is 0 Å². The molecule has 1 spiro atoms. The second kappa shape index (κ2) is 7.08. The molecule has 0 aromatic heterocycles. The van der Waals surface area contributed by atoms with Crippen molar-refractivity contribution >= 4 is 23.4 Å². The number of fused-ring (bicyclic) bond motifs is 2. The fraction of sp³-hybridized carbons (Fsp3) is 0.619. The van der Waals surface area contributed by atoms with Crippen LogP contribution in [0.3, 0.4) is 0 Å². The van der Waals surface area contributed by atoms with Crippen molar-refractivity contribution in [2.75, 3.05) is 29.4 Å². The van der Waals surface area contributed by atoms with Crippen LogP contribution in [-0.2, 0) is 14.3 Å². The molecule has 3 heterocycles. The lowest BCUT2D eigenvalue weighted by Gasteiger charge is -2.34. The molecule has 5 rings (SSSR count). The van der Waals surface area contributed by atoms with Crippen LogP contribution in [0, 0.1) is 11.6 Å². The van der Waals surface area contributed by atoms with E-state index < -0.39 is 23.3 Å². The number of carbonyl (C=O) groups is 2. The van der Waals surface area contributed by atoms with E-state index in [1.165, 1.54) is 17.0 Å². The summed E-state index contributed by atoms with van der Waals surface area (Å²) in [6.07, 6.45) is 2.80. The molecule has 4 aliphatic rings. The number of halogens is 2.